The SMILES string of the molecule is CC(NC(=O)C(N)CC(N)=O)C1CCCO1. The zero-order valence-electron chi connectivity index (χ0n) is 9.44. The molecule has 3 atom stereocenters. The van der Waals surface area contributed by atoms with Crippen LogP contribution in [0.5, 0.6) is 0 Å². The van der Waals surface area contributed by atoms with Gasteiger partial charge in [0.1, 0.15) is 0 Å². The summed E-state index contributed by atoms with van der Waals surface area (Å²) in [4.78, 5) is 22.1. The number of rotatable bonds is 5. The van der Waals surface area contributed by atoms with Gasteiger partial charge in [0.2, 0.25) is 11.8 Å². The highest BCUT2D eigenvalue weighted by Gasteiger charge is 2.25. The zero-order chi connectivity index (χ0) is 12.1. The van der Waals surface area contributed by atoms with E-state index >= 15 is 0 Å². The largest absolute Gasteiger partial charge is 0.376 e. The van der Waals surface area contributed by atoms with Gasteiger partial charge in [0.25, 0.3) is 0 Å². The predicted molar refractivity (Wildman–Crippen MR) is 58.4 cm³/mol. The number of nitrogens with one attached hydrogen (secondary N) is 1. The van der Waals surface area contributed by atoms with E-state index in [9.17, 15) is 9.59 Å². The molecular weight excluding hydrogens is 210 g/mol. The average molecular weight is 229 g/mol. The second-order valence-corrected chi connectivity index (χ2v) is 4.13. The van der Waals surface area contributed by atoms with E-state index in [-0.39, 0.29) is 24.5 Å². The highest BCUT2D eigenvalue weighted by atomic mass is 16.5. The number of carbonyl (C=O) groups is 2. The van der Waals surface area contributed by atoms with Gasteiger partial charge in [0.15, 0.2) is 0 Å². The van der Waals surface area contributed by atoms with Gasteiger partial charge in [0.05, 0.1) is 24.6 Å². The van der Waals surface area contributed by atoms with Crippen molar-refractivity contribution in [1.29, 1.82) is 0 Å². The monoisotopic (exact) mass is 229 g/mol. The molecule has 1 fully saturated rings. The van der Waals surface area contributed by atoms with Crippen LogP contribution in [0.1, 0.15) is 26.2 Å². The molecule has 0 aliphatic carbocycles. The Bertz CT molecular complexity index is 264. The molecule has 6 nitrogen and oxygen atoms in total. The van der Waals surface area contributed by atoms with Gasteiger partial charge >= 0.3 is 0 Å². The maximum absolute atomic E-state index is 11.5. The summed E-state index contributed by atoms with van der Waals surface area (Å²) in [5.41, 5.74) is 10.5. The van der Waals surface area contributed by atoms with Crippen molar-refractivity contribution in [1.82, 2.24) is 5.32 Å². The molecule has 1 saturated heterocycles. The third-order valence-electron chi connectivity index (χ3n) is 2.65. The molecule has 1 aliphatic rings. The minimum Gasteiger partial charge on any atom is -0.376 e. The third-order valence-corrected chi connectivity index (χ3v) is 2.65. The van der Waals surface area contributed by atoms with Gasteiger partial charge in [-0.05, 0) is 19.8 Å². The predicted octanol–water partition coefficient (Wildman–Crippen LogP) is -1.13. The summed E-state index contributed by atoms with van der Waals surface area (Å²) < 4.78 is 5.43. The van der Waals surface area contributed by atoms with E-state index in [1.54, 1.807) is 0 Å². The van der Waals surface area contributed by atoms with Crippen LogP contribution in [-0.2, 0) is 14.3 Å². The number of carbonyl (C=O) groups excluding carboxylic acids is 2. The van der Waals surface area contributed by atoms with Crippen molar-refractivity contribution in [2.75, 3.05) is 6.61 Å². The molecule has 6 heteroatoms. The van der Waals surface area contributed by atoms with Gasteiger partial charge < -0.3 is 21.5 Å². The van der Waals surface area contributed by atoms with E-state index < -0.39 is 11.9 Å². The third kappa shape index (κ3) is 3.79. The molecule has 0 aromatic heterocycles. The van der Waals surface area contributed by atoms with Gasteiger partial charge in [-0.3, -0.25) is 9.59 Å². The maximum Gasteiger partial charge on any atom is 0.237 e. The van der Waals surface area contributed by atoms with Crippen molar-refractivity contribution in [2.24, 2.45) is 11.5 Å². The summed E-state index contributed by atoms with van der Waals surface area (Å²) in [6.45, 7) is 2.60. The molecule has 0 aromatic carbocycles. The molecule has 1 aliphatic heterocycles. The highest BCUT2D eigenvalue weighted by molar-refractivity contribution is 5.87. The van der Waals surface area contributed by atoms with E-state index in [0.29, 0.717) is 0 Å². The van der Waals surface area contributed by atoms with Gasteiger partial charge in [0, 0.05) is 6.61 Å². The van der Waals surface area contributed by atoms with Crippen LogP contribution in [0, 0.1) is 0 Å². The first-order valence-corrected chi connectivity index (χ1v) is 5.46. The maximum atomic E-state index is 11.5. The Morgan fingerprint density at radius 2 is 2.25 bits per heavy atom. The molecule has 16 heavy (non-hydrogen) atoms. The Labute approximate surface area is 94.7 Å². The van der Waals surface area contributed by atoms with Crippen LogP contribution in [0.4, 0.5) is 0 Å². The molecule has 1 heterocycles. The van der Waals surface area contributed by atoms with E-state index in [0.717, 1.165) is 19.4 Å². The summed E-state index contributed by atoms with van der Waals surface area (Å²) in [6.07, 6.45) is 1.86. The van der Waals surface area contributed by atoms with E-state index in [1.807, 2.05) is 6.92 Å². The Hall–Kier alpha value is -1.14. The first-order chi connectivity index (χ1) is 7.50. The zero-order valence-corrected chi connectivity index (χ0v) is 9.44. The van der Waals surface area contributed by atoms with E-state index in [4.69, 9.17) is 16.2 Å². The number of primary amides is 1. The van der Waals surface area contributed by atoms with E-state index in [1.165, 1.54) is 0 Å². The molecule has 3 unspecified atom stereocenters. The van der Waals surface area contributed by atoms with Crippen LogP contribution >= 0.6 is 0 Å². The van der Waals surface area contributed by atoms with Crippen molar-refractivity contribution in [3.8, 4) is 0 Å². The molecule has 0 aromatic rings. The van der Waals surface area contributed by atoms with Crippen LogP contribution < -0.4 is 16.8 Å². The fourth-order valence-electron chi connectivity index (χ4n) is 1.73. The van der Waals surface area contributed by atoms with Crippen molar-refractivity contribution in [2.45, 2.75) is 44.4 Å². The molecule has 0 bridgehead atoms. The second-order valence-electron chi connectivity index (χ2n) is 4.13. The fourth-order valence-corrected chi connectivity index (χ4v) is 1.73. The summed E-state index contributed by atoms with van der Waals surface area (Å²) >= 11 is 0. The van der Waals surface area contributed by atoms with E-state index in [2.05, 4.69) is 5.32 Å². The fraction of sp³-hybridized carbons (Fsp3) is 0.800. The quantitative estimate of drug-likeness (QED) is 0.554. The average Bonchev–Trinajstić information content (AvgIpc) is 2.68. The van der Waals surface area contributed by atoms with Crippen LogP contribution in [0.15, 0.2) is 0 Å². The van der Waals surface area contributed by atoms with Crippen molar-refractivity contribution >= 4 is 11.8 Å². The summed E-state index contributed by atoms with van der Waals surface area (Å²) in [7, 11) is 0. The number of amides is 2. The lowest BCUT2D eigenvalue weighted by atomic mass is 10.1. The van der Waals surface area contributed by atoms with Crippen LogP contribution in [0.2, 0.25) is 0 Å². The lowest BCUT2D eigenvalue weighted by Crippen LogP contribution is -2.49. The van der Waals surface area contributed by atoms with Crippen LogP contribution in [0.3, 0.4) is 0 Å². The topological polar surface area (TPSA) is 107 Å². The normalized spacial score (nSPS) is 23.8. The lowest BCUT2D eigenvalue weighted by Gasteiger charge is -2.21. The molecule has 1 rings (SSSR count). The molecule has 5 N–H and O–H groups in total. The minimum atomic E-state index is -0.874. The molecule has 92 valence electrons. The van der Waals surface area contributed by atoms with Crippen LogP contribution in [0.25, 0.3) is 0 Å². The molecule has 0 saturated carbocycles. The number of ether oxygens (including phenoxy) is 1. The highest BCUT2D eigenvalue weighted by Crippen LogP contribution is 2.15. The van der Waals surface area contributed by atoms with Gasteiger partial charge in [-0.25, -0.2) is 0 Å². The Balaban J connectivity index is 2.34. The van der Waals surface area contributed by atoms with Crippen LogP contribution in [-0.4, -0.2) is 36.6 Å². The van der Waals surface area contributed by atoms with Gasteiger partial charge in [-0.2, -0.15) is 0 Å². The smallest absolute Gasteiger partial charge is 0.237 e. The first kappa shape index (κ1) is 12.9. The Morgan fingerprint density at radius 1 is 1.56 bits per heavy atom. The summed E-state index contributed by atoms with van der Waals surface area (Å²) in [6, 6.07) is -0.963. The molecule has 0 radical (unpaired) electrons. The Morgan fingerprint density at radius 3 is 2.75 bits per heavy atom. The number of nitrogens with two attached hydrogens (primary N) is 2. The summed E-state index contributed by atoms with van der Waals surface area (Å²) in [5.74, 6) is -0.936. The van der Waals surface area contributed by atoms with Crippen molar-refractivity contribution in [3.05, 3.63) is 0 Å². The Kier molecular flexibility index (Phi) is 4.70. The molecular formula is C10H19N3O3. The van der Waals surface area contributed by atoms with Gasteiger partial charge in [-0.15, -0.1) is 0 Å². The molecule has 2 amide bonds. The first-order valence-electron chi connectivity index (χ1n) is 5.46. The molecule has 0 spiro atoms. The minimum absolute atomic E-state index is 0.0460. The van der Waals surface area contributed by atoms with Crippen molar-refractivity contribution in [3.63, 3.8) is 0 Å². The van der Waals surface area contributed by atoms with Crippen molar-refractivity contribution < 1.29 is 14.3 Å². The standard InChI is InChI=1S/C10H19N3O3/c1-6(8-3-2-4-16-8)13-10(15)7(11)5-9(12)14/h6-8H,2-5,11H2,1H3,(H2,12,14)(H,13,15). The lowest BCUT2D eigenvalue weighted by molar-refractivity contribution is -0.127. The number of hydrogen-bond acceptors (Lipinski definition) is 4. The number of hydrogen-bond donors (Lipinski definition) is 3. The second kappa shape index (κ2) is 5.81. The van der Waals surface area contributed by atoms with Gasteiger partial charge in [-0.1, -0.05) is 0 Å². The summed E-state index contributed by atoms with van der Waals surface area (Å²) in [5, 5.41) is 2.73.